The highest BCUT2D eigenvalue weighted by atomic mass is 35.5. The molecule has 7 nitrogen and oxygen atoms in total. The minimum atomic E-state index is -0.845. The van der Waals surface area contributed by atoms with Gasteiger partial charge in [0, 0.05) is 24.4 Å². The molecule has 38 heavy (non-hydrogen) atoms. The summed E-state index contributed by atoms with van der Waals surface area (Å²) in [7, 11) is 0. The Balaban J connectivity index is 1.83. The van der Waals surface area contributed by atoms with Gasteiger partial charge in [-0.15, -0.1) is 24.9 Å². The molecule has 0 aromatic heterocycles. The third-order valence-electron chi connectivity index (χ3n) is 8.33. The van der Waals surface area contributed by atoms with Gasteiger partial charge in [0.05, 0.1) is 39.9 Å². The number of para-hydroxylation sites is 1. The predicted molar refractivity (Wildman–Crippen MR) is 153 cm³/mol. The van der Waals surface area contributed by atoms with Gasteiger partial charge in [-0.2, -0.15) is 0 Å². The first-order chi connectivity index (χ1) is 18.1. The molecule has 0 aliphatic carbocycles. The summed E-state index contributed by atoms with van der Waals surface area (Å²) in [5.41, 5.74) is 0.541. The summed E-state index contributed by atoms with van der Waals surface area (Å²) in [5, 5.41) is 10.6. The Kier molecular flexibility index (Phi) is 8.36. The largest absolute Gasteiger partial charge is 0.394 e. The molecule has 9 heteroatoms. The molecule has 1 N–H and O–H groups in total. The number of aliphatic hydroxyl groups excluding tert-OH is 1. The number of fused-ring (bicyclic) bond motifs is 1. The van der Waals surface area contributed by atoms with Gasteiger partial charge in [0.25, 0.3) is 5.91 Å². The van der Waals surface area contributed by atoms with E-state index in [1.807, 2.05) is 13.0 Å². The zero-order chi connectivity index (χ0) is 27.8. The maximum atomic E-state index is 14.5. The van der Waals surface area contributed by atoms with Crippen molar-refractivity contribution in [3.63, 3.8) is 0 Å². The summed E-state index contributed by atoms with van der Waals surface area (Å²) in [6, 6.07) is 5.68. The highest BCUT2D eigenvalue weighted by Crippen LogP contribution is 2.72. The monoisotopic (exact) mass is 559 g/mol. The Morgan fingerprint density at radius 1 is 1.24 bits per heavy atom. The van der Waals surface area contributed by atoms with Crippen LogP contribution in [0.5, 0.6) is 0 Å². The van der Waals surface area contributed by atoms with Crippen LogP contribution in [0.1, 0.15) is 40.0 Å². The molecule has 1 aromatic carbocycles. The quantitative estimate of drug-likeness (QED) is 0.412. The molecule has 1 aromatic rings. The van der Waals surface area contributed by atoms with E-state index < -0.39 is 33.4 Å². The van der Waals surface area contributed by atoms with E-state index in [4.69, 9.17) is 11.6 Å². The summed E-state index contributed by atoms with van der Waals surface area (Å²) < 4.78 is -1.25. The van der Waals surface area contributed by atoms with Crippen molar-refractivity contribution in [1.29, 1.82) is 0 Å². The maximum Gasteiger partial charge on any atom is 0.251 e. The van der Waals surface area contributed by atoms with Crippen LogP contribution < -0.4 is 4.90 Å². The number of halogens is 1. The molecule has 3 aliphatic rings. The second-order valence-corrected chi connectivity index (χ2v) is 13.1. The molecule has 3 saturated heterocycles. The topological polar surface area (TPSA) is 81.2 Å². The lowest BCUT2D eigenvalue weighted by molar-refractivity contribution is -0.146. The lowest BCUT2D eigenvalue weighted by Crippen LogP contribution is -2.57. The number of nitrogens with zero attached hydrogens (tertiary/aromatic N) is 3. The van der Waals surface area contributed by atoms with Crippen LogP contribution in [-0.2, 0) is 14.4 Å². The van der Waals surface area contributed by atoms with Crippen molar-refractivity contribution >= 4 is 46.8 Å². The zero-order valence-electron chi connectivity index (χ0n) is 22.4. The Morgan fingerprint density at radius 3 is 2.53 bits per heavy atom. The lowest BCUT2D eigenvalue weighted by atomic mass is 9.66. The highest BCUT2D eigenvalue weighted by Gasteiger charge is 2.77. The van der Waals surface area contributed by atoms with E-state index in [1.165, 1.54) is 0 Å². The van der Waals surface area contributed by atoms with Crippen molar-refractivity contribution in [2.45, 2.75) is 61.6 Å². The Hall–Kier alpha value is -2.29. The van der Waals surface area contributed by atoms with E-state index in [1.54, 1.807) is 63.7 Å². The average Bonchev–Trinajstić information content (AvgIpc) is 3.47. The molecule has 206 valence electrons. The van der Waals surface area contributed by atoms with Crippen LogP contribution >= 0.6 is 23.4 Å². The first-order valence-electron chi connectivity index (χ1n) is 13.3. The van der Waals surface area contributed by atoms with Gasteiger partial charge in [-0.05, 0) is 45.2 Å². The van der Waals surface area contributed by atoms with Gasteiger partial charge in [0.15, 0.2) is 0 Å². The van der Waals surface area contributed by atoms with Crippen LogP contribution in [0.25, 0.3) is 0 Å². The number of carbonyl (C=O) groups excluding carboxylic acids is 3. The molecule has 3 amide bonds. The third kappa shape index (κ3) is 4.38. The van der Waals surface area contributed by atoms with E-state index in [-0.39, 0.29) is 30.9 Å². The molecule has 2 unspecified atom stereocenters. The number of thioether (sulfide) groups is 1. The molecule has 3 heterocycles. The minimum absolute atomic E-state index is 0.0552. The molecule has 6 atom stereocenters. The average molecular weight is 560 g/mol. The van der Waals surface area contributed by atoms with E-state index in [9.17, 15) is 19.5 Å². The summed E-state index contributed by atoms with van der Waals surface area (Å²) in [6.45, 7) is 14.4. The fraction of sp³-hybridized carbons (Fsp3) is 0.552. The van der Waals surface area contributed by atoms with Crippen molar-refractivity contribution in [1.82, 2.24) is 9.80 Å². The van der Waals surface area contributed by atoms with E-state index in [0.29, 0.717) is 30.2 Å². The van der Waals surface area contributed by atoms with Gasteiger partial charge in [-0.3, -0.25) is 14.4 Å². The Bertz CT molecular complexity index is 1130. The van der Waals surface area contributed by atoms with Crippen molar-refractivity contribution in [3.8, 4) is 0 Å². The smallest absolute Gasteiger partial charge is 0.251 e. The number of likely N-dealkylation sites (tertiary alicyclic amines) is 1. The zero-order valence-corrected chi connectivity index (χ0v) is 24.0. The van der Waals surface area contributed by atoms with Crippen LogP contribution in [0, 0.1) is 11.8 Å². The number of carbonyl (C=O) groups is 3. The molecule has 0 saturated carbocycles. The number of benzene rings is 1. The lowest BCUT2D eigenvalue weighted by Gasteiger charge is -2.39. The molecular formula is C29H38ClN3O4S. The fourth-order valence-electron chi connectivity index (χ4n) is 6.75. The minimum Gasteiger partial charge on any atom is -0.394 e. The predicted octanol–water partition coefficient (Wildman–Crippen LogP) is 4.15. The fourth-order valence-corrected chi connectivity index (χ4v) is 9.32. The number of hydrogen-bond acceptors (Lipinski definition) is 5. The summed E-state index contributed by atoms with van der Waals surface area (Å²) in [5.74, 6) is -1.76. The second kappa shape index (κ2) is 11.1. The molecule has 3 fully saturated rings. The van der Waals surface area contributed by atoms with Crippen molar-refractivity contribution in [2.24, 2.45) is 11.8 Å². The Labute approximate surface area is 234 Å². The van der Waals surface area contributed by atoms with Gasteiger partial charge in [-0.1, -0.05) is 42.8 Å². The van der Waals surface area contributed by atoms with Crippen LogP contribution in [0.2, 0.25) is 5.02 Å². The van der Waals surface area contributed by atoms with Gasteiger partial charge >= 0.3 is 0 Å². The normalized spacial score (nSPS) is 30.2. The molecular weight excluding hydrogens is 522 g/mol. The molecule has 3 aliphatic heterocycles. The molecule has 0 radical (unpaired) electrons. The van der Waals surface area contributed by atoms with Gasteiger partial charge in [0.1, 0.15) is 6.04 Å². The van der Waals surface area contributed by atoms with Gasteiger partial charge in [0.2, 0.25) is 11.8 Å². The number of anilines is 1. The van der Waals surface area contributed by atoms with Crippen molar-refractivity contribution in [2.75, 3.05) is 31.1 Å². The van der Waals surface area contributed by atoms with Gasteiger partial charge < -0.3 is 19.8 Å². The van der Waals surface area contributed by atoms with Crippen molar-refractivity contribution < 1.29 is 19.5 Å². The Morgan fingerprint density at radius 2 is 1.92 bits per heavy atom. The highest BCUT2D eigenvalue weighted by molar-refractivity contribution is 8.02. The molecule has 4 rings (SSSR count). The van der Waals surface area contributed by atoms with Crippen LogP contribution in [-0.4, -0.2) is 80.4 Å². The van der Waals surface area contributed by atoms with Crippen LogP contribution in [0.3, 0.4) is 0 Å². The standard InChI is InChI=1S/C29H38ClN3O4S/c1-6-15-31(16-7-2)25(35)22-23-26(36)33(19(4)18-34)24(29(23)14-13-28(22,5)38-29)27(37)32(17-8-3)21-12-10-9-11-20(21)30/h6,8-12,19,22-24,34H,1,3,7,13-18H2,2,4-5H3/t19-,22-,23+,24?,28+,29?/m1/s1. The number of rotatable bonds is 11. The third-order valence-corrected chi connectivity index (χ3v) is 10.6. The molecule has 1 spiro atoms. The van der Waals surface area contributed by atoms with Crippen molar-refractivity contribution in [3.05, 3.63) is 54.6 Å². The van der Waals surface area contributed by atoms with E-state index in [0.717, 1.165) is 12.8 Å². The first kappa shape index (κ1) is 28.7. The van der Waals surface area contributed by atoms with Crippen LogP contribution in [0.15, 0.2) is 49.6 Å². The molecule has 2 bridgehead atoms. The maximum absolute atomic E-state index is 14.5. The summed E-state index contributed by atoms with van der Waals surface area (Å²) >= 11 is 8.14. The summed E-state index contributed by atoms with van der Waals surface area (Å²) in [6.07, 6.45) is 5.51. The van der Waals surface area contributed by atoms with E-state index >= 15 is 0 Å². The summed E-state index contributed by atoms with van der Waals surface area (Å²) in [4.78, 5) is 47.8. The number of amides is 3. The van der Waals surface area contributed by atoms with E-state index in [2.05, 4.69) is 20.1 Å². The van der Waals surface area contributed by atoms with Gasteiger partial charge in [-0.25, -0.2) is 0 Å². The number of hydrogen-bond donors (Lipinski definition) is 1. The SMILES string of the molecule is C=CCN(CCC)C(=O)[C@H]1[C@H]2C(=O)N([C@H](C)CO)C(C(=O)N(CC=C)c3ccccc3Cl)C23CC[C@]1(C)S3. The first-order valence-corrected chi connectivity index (χ1v) is 14.5. The number of aliphatic hydroxyl groups is 1. The van der Waals surface area contributed by atoms with Crippen LogP contribution in [0.4, 0.5) is 5.69 Å². The second-order valence-electron chi connectivity index (χ2n) is 10.8.